The van der Waals surface area contributed by atoms with Gasteiger partial charge >= 0.3 is 5.97 Å². The minimum Gasteiger partial charge on any atom is -0.459 e. The third kappa shape index (κ3) is 4.31. The van der Waals surface area contributed by atoms with Gasteiger partial charge in [0, 0.05) is 13.5 Å². The number of hydrogen-bond donors (Lipinski definition) is 1. The van der Waals surface area contributed by atoms with Gasteiger partial charge in [0.1, 0.15) is 11.6 Å². The highest BCUT2D eigenvalue weighted by Gasteiger charge is 2.25. The van der Waals surface area contributed by atoms with Crippen molar-refractivity contribution in [1.82, 2.24) is 9.78 Å². The predicted molar refractivity (Wildman–Crippen MR) is 77.8 cm³/mol. The normalized spacial score (nSPS) is 13.4. The molecule has 0 bridgehead atoms. The highest BCUT2D eigenvalue weighted by molar-refractivity contribution is 9.10. The molecule has 0 aliphatic rings. The minimum absolute atomic E-state index is 0.390. The van der Waals surface area contributed by atoms with Crippen molar-refractivity contribution in [1.29, 1.82) is 0 Å². The van der Waals surface area contributed by atoms with E-state index in [1.807, 2.05) is 34.7 Å². The lowest BCUT2D eigenvalue weighted by molar-refractivity contribution is -0.156. The summed E-state index contributed by atoms with van der Waals surface area (Å²) >= 11 is 3.51. The number of nitrogens with zero attached hydrogens (tertiary/aromatic N) is 2. The summed E-state index contributed by atoms with van der Waals surface area (Å²) < 4.78 is 7.96. The number of rotatable bonds is 4. The van der Waals surface area contributed by atoms with Crippen molar-refractivity contribution >= 4 is 21.9 Å². The van der Waals surface area contributed by atoms with Gasteiger partial charge in [-0.1, -0.05) is 6.92 Å². The first-order valence-electron chi connectivity index (χ1n) is 6.34. The van der Waals surface area contributed by atoms with Crippen LogP contribution in [0.25, 0.3) is 0 Å². The molecule has 0 radical (unpaired) electrons. The molecule has 0 saturated heterocycles. The molecule has 0 aliphatic carbocycles. The van der Waals surface area contributed by atoms with Gasteiger partial charge in [-0.3, -0.25) is 9.48 Å². The zero-order valence-electron chi connectivity index (χ0n) is 12.2. The molecule has 1 unspecified atom stereocenters. The second-order valence-corrected chi connectivity index (χ2v) is 6.32. The van der Waals surface area contributed by atoms with Crippen molar-refractivity contribution in [3.05, 3.63) is 15.9 Å². The first-order valence-corrected chi connectivity index (χ1v) is 7.13. The molecule has 0 amide bonds. The first kappa shape index (κ1) is 16.2. The van der Waals surface area contributed by atoms with E-state index >= 15 is 0 Å². The van der Waals surface area contributed by atoms with E-state index in [2.05, 4.69) is 21.0 Å². The van der Waals surface area contributed by atoms with Gasteiger partial charge in [-0.05, 0) is 43.1 Å². The summed E-state index contributed by atoms with van der Waals surface area (Å²) in [6, 6.07) is -0.685. The molecule has 0 aromatic carbocycles. The van der Waals surface area contributed by atoms with Crippen molar-refractivity contribution in [3.63, 3.8) is 0 Å². The summed E-state index contributed by atoms with van der Waals surface area (Å²) in [5, 5.41) is 4.38. The fraction of sp³-hybridized carbons (Fsp3) is 0.692. The van der Waals surface area contributed by atoms with Crippen LogP contribution in [0.5, 0.6) is 0 Å². The number of carbonyl (C=O) groups is 1. The van der Waals surface area contributed by atoms with Crippen LogP contribution in [0.4, 0.5) is 0 Å². The second kappa shape index (κ2) is 6.05. The number of halogens is 1. The van der Waals surface area contributed by atoms with Crippen molar-refractivity contribution in [3.8, 4) is 0 Å². The molecule has 1 aromatic heterocycles. The predicted octanol–water partition coefficient (Wildman–Crippen LogP) is 1.96. The molecule has 108 valence electrons. The minimum atomic E-state index is -0.685. The van der Waals surface area contributed by atoms with Crippen LogP contribution in [0, 0.1) is 0 Å². The Balaban J connectivity index is 2.80. The van der Waals surface area contributed by atoms with E-state index in [9.17, 15) is 4.79 Å². The molecule has 0 saturated carbocycles. The molecule has 19 heavy (non-hydrogen) atoms. The summed E-state index contributed by atoms with van der Waals surface area (Å²) in [5.41, 5.74) is 7.27. The molecule has 1 aromatic rings. The summed E-state index contributed by atoms with van der Waals surface area (Å²) in [6.07, 6.45) is 1.23. The average Bonchev–Trinajstić information content (AvgIpc) is 2.54. The summed E-state index contributed by atoms with van der Waals surface area (Å²) in [7, 11) is 1.85. The van der Waals surface area contributed by atoms with Crippen LogP contribution in [0.15, 0.2) is 4.47 Å². The van der Waals surface area contributed by atoms with Gasteiger partial charge < -0.3 is 10.5 Å². The molecule has 0 spiro atoms. The Morgan fingerprint density at radius 1 is 1.53 bits per heavy atom. The lowest BCUT2D eigenvalue weighted by Gasteiger charge is -2.22. The molecular weight excluding hydrogens is 310 g/mol. The molecule has 1 rings (SSSR count). The maximum absolute atomic E-state index is 11.9. The fourth-order valence-electron chi connectivity index (χ4n) is 1.71. The number of ether oxygens (including phenoxy) is 1. The third-order valence-corrected chi connectivity index (χ3v) is 3.54. The standard InChI is InChI=1S/C13H22BrN3O2/c1-6-9-11(14)10(17(5)16-9)7-8(15)12(18)19-13(2,3)4/h8H,6-7,15H2,1-5H3. The van der Waals surface area contributed by atoms with E-state index in [4.69, 9.17) is 10.5 Å². The molecule has 2 N–H and O–H groups in total. The fourth-order valence-corrected chi connectivity index (χ4v) is 2.49. The summed E-state index contributed by atoms with van der Waals surface area (Å²) in [5.74, 6) is -0.390. The van der Waals surface area contributed by atoms with Crippen molar-refractivity contribution in [2.75, 3.05) is 0 Å². The first-order chi connectivity index (χ1) is 8.65. The van der Waals surface area contributed by atoms with E-state index in [-0.39, 0.29) is 0 Å². The molecule has 5 nitrogen and oxygen atoms in total. The maximum atomic E-state index is 11.9. The summed E-state index contributed by atoms with van der Waals surface area (Å²) in [4.78, 5) is 11.9. The van der Waals surface area contributed by atoms with Gasteiger partial charge in [0.2, 0.25) is 0 Å². The number of aryl methyl sites for hydroxylation is 2. The van der Waals surface area contributed by atoms with Crippen LogP contribution in [0.3, 0.4) is 0 Å². The number of esters is 1. The topological polar surface area (TPSA) is 70.1 Å². The molecule has 0 aliphatic heterocycles. The Hall–Kier alpha value is -0.880. The highest BCUT2D eigenvalue weighted by Crippen LogP contribution is 2.23. The molecular formula is C13H22BrN3O2. The largest absolute Gasteiger partial charge is 0.459 e. The Kier molecular flexibility index (Phi) is 5.15. The number of carbonyl (C=O) groups excluding carboxylic acids is 1. The van der Waals surface area contributed by atoms with E-state index in [1.165, 1.54) is 0 Å². The van der Waals surface area contributed by atoms with Crippen LogP contribution in [-0.2, 0) is 29.4 Å². The number of nitrogens with two attached hydrogens (primary N) is 1. The van der Waals surface area contributed by atoms with E-state index in [0.717, 1.165) is 22.3 Å². The van der Waals surface area contributed by atoms with Crippen molar-refractivity contribution in [2.24, 2.45) is 12.8 Å². The SMILES string of the molecule is CCc1nn(C)c(CC(N)C(=O)OC(C)(C)C)c1Br. The van der Waals surface area contributed by atoms with E-state index in [1.54, 1.807) is 4.68 Å². The summed E-state index contributed by atoms with van der Waals surface area (Å²) in [6.45, 7) is 7.51. The Bertz CT molecular complexity index is 463. The van der Waals surface area contributed by atoms with E-state index in [0.29, 0.717) is 6.42 Å². The molecule has 0 fully saturated rings. The van der Waals surface area contributed by atoms with Gasteiger partial charge in [-0.25, -0.2) is 0 Å². The Morgan fingerprint density at radius 3 is 2.53 bits per heavy atom. The zero-order chi connectivity index (χ0) is 14.8. The Labute approximate surface area is 122 Å². The van der Waals surface area contributed by atoms with Crippen LogP contribution < -0.4 is 5.73 Å². The molecule has 1 heterocycles. The van der Waals surface area contributed by atoms with E-state index < -0.39 is 17.6 Å². The quantitative estimate of drug-likeness (QED) is 0.856. The highest BCUT2D eigenvalue weighted by atomic mass is 79.9. The lowest BCUT2D eigenvalue weighted by Crippen LogP contribution is -2.39. The van der Waals surface area contributed by atoms with Crippen molar-refractivity contribution in [2.45, 2.75) is 52.2 Å². The van der Waals surface area contributed by atoms with Crippen molar-refractivity contribution < 1.29 is 9.53 Å². The zero-order valence-corrected chi connectivity index (χ0v) is 13.7. The number of aromatic nitrogens is 2. The van der Waals surface area contributed by atoms with Crippen LogP contribution in [-0.4, -0.2) is 27.4 Å². The number of hydrogen-bond acceptors (Lipinski definition) is 4. The Morgan fingerprint density at radius 2 is 2.11 bits per heavy atom. The van der Waals surface area contributed by atoms with Crippen LogP contribution in [0.1, 0.15) is 39.1 Å². The van der Waals surface area contributed by atoms with Gasteiger partial charge in [0.05, 0.1) is 15.9 Å². The average molecular weight is 332 g/mol. The maximum Gasteiger partial charge on any atom is 0.323 e. The van der Waals surface area contributed by atoms with Gasteiger partial charge in [0.15, 0.2) is 0 Å². The second-order valence-electron chi connectivity index (χ2n) is 5.53. The smallest absolute Gasteiger partial charge is 0.323 e. The molecule has 6 heteroatoms. The van der Waals surface area contributed by atoms with Gasteiger partial charge in [-0.15, -0.1) is 0 Å². The monoisotopic (exact) mass is 331 g/mol. The molecule has 1 atom stereocenters. The van der Waals surface area contributed by atoms with Gasteiger partial charge in [0.25, 0.3) is 0 Å². The van der Waals surface area contributed by atoms with Crippen LogP contribution in [0.2, 0.25) is 0 Å². The lowest BCUT2D eigenvalue weighted by atomic mass is 10.1. The third-order valence-electron chi connectivity index (χ3n) is 2.63. The van der Waals surface area contributed by atoms with Gasteiger partial charge in [-0.2, -0.15) is 5.10 Å². The van der Waals surface area contributed by atoms with Crippen LogP contribution >= 0.6 is 15.9 Å².